The van der Waals surface area contributed by atoms with Crippen molar-refractivity contribution < 1.29 is 37.0 Å². The van der Waals surface area contributed by atoms with Crippen LogP contribution >= 0.6 is 0 Å². The zero-order chi connectivity index (χ0) is 24.4. The lowest BCUT2D eigenvalue weighted by Gasteiger charge is -2.40. The molecule has 0 aromatic heterocycles. The number of ether oxygens (including phenoxy) is 2. The smallest absolute Gasteiger partial charge is 0.444 e. The lowest BCUT2D eigenvalue weighted by atomic mass is 10.0. The van der Waals surface area contributed by atoms with E-state index in [1.165, 1.54) is 41.3 Å². The molecule has 1 fully saturated rings. The third-order valence-electron chi connectivity index (χ3n) is 4.78. The van der Waals surface area contributed by atoms with Gasteiger partial charge < -0.3 is 14.8 Å². The van der Waals surface area contributed by atoms with Gasteiger partial charge in [0.2, 0.25) is 5.91 Å². The van der Waals surface area contributed by atoms with E-state index in [0.717, 1.165) is 6.07 Å². The first-order valence-corrected chi connectivity index (χ1v) is 10.1. The van der Waals surface area contributed by atoms with E-state index >= 15 is 0 Å². The Bertz CT molecular complexity index is 1050. The summed E-state index contributed by atoms with van der Waals surface area (Å²) in [6, 6.07) is 8.83. The number of rotatable bonds is 5. The number of anilines is 1. The van der Waals surface area contributed by atoms with E-state index in [2.05, 4.69) is 10.1 Å². The SMILES string of the molecule is CC(C)(C)OC(=O)N1CCC1C(=O)Nc1ccc(OC(F)(F)F)c(-c2ccc(C=O)cc2)c1. The molecule has 0 bridgehead atoms. The van der Waals surface area contributed by atoms with Gasteiger partial charge in [0.05, 0.1) is 0 Å². The number of carbonyl (C=O) groups is 3. The normalized spacial score (nSPS) is 15.9. The van der Waals surface area contributed by atoms with Crippen molar-refractivity contribution in [3.63, 3.8) is 0 Å². The summed E-state index contributed by atoms with van der Waals surface area (Å²) in [4.78, 5) is 37.1. The summed E-state index contributed by atoms with van der Waals surface area (Å²) in [5.41, 5.74) is 0.292. The maximum atomic E-state index is 12.9. The van der Waals surface area contributed by atoms with Gasteiger partial charge in [0.15, 0.2) is 0 Å². The van der Waals surface area contributed by atoms with E-state index in [0.29, 0.717) is 30.4 Å². The van der Waals surface area contributed by atoms with Crippen LogP contribution < -0.4 is 10.1 Å². The lowest BCUT2D eigenvalue weighted by molar-refractivity contribution is -0.274. The maximum Gasteiger partial charge on any atom is 0.573 e. The summed E-state index contributed by atoms with van der Waals surface area (Å²) in [5.74, 6) is -0.947. The van der Waals surface area contributed by atoms with Crippen LogP contribution in [0.5, 0.6) is 5.75 Å². The zero-order valence-electron chi connectivity index (χ0n) is 18.2. The molecule has 10 heteroatoms. The number of benzene rings is 2. The number of carbonyl (C=O) groups excluding carboxylic acids is 3. The van der Waals surface area contributed by atoms with Crippen LogP contribution in [-0.2, 0) is 9.53 Å². The Labute approximate surface area is 188 Å². The van der Waals surface area contributed by atoms with Crippen LogP contribution in [0.15, 0.2) is 42.5 Å². The number of amides is 2. The van der Waals surface area contributed by atoms with Crippen molar-refractivity contribution in [3.05, 3.63) is 48.0 Å². The van der Waals surface area contributed by atoms with Gasteiger partial charge in [-0.2, -0.15) is 0 Å². The van der Waals surface area contributed by atoms with Crippen molar-refractivity contribution in [2.24, 2.45) is 0 Å². The molecule has 1 N–H and O–H groups in total. The molecule has 1 aliphatic heterocycles. The van der Waals surface area contributed by atoms with Crippen LogP contribution in [0, 0.1) is 0 Å². The van der Waals surface area contributed by atoms with Gasteiger partial charge in [-0.3, -0.25) is 14.5 Å². The van der Waals surface area contributed by atoms with Gasteiger partial charge >= 0.3 is 12.5 Å². The highest BCUT2D eigenvalue weighted by Crippen LogP contribution is 2.36. The van der Waals surface area contributed by atoms with E-state index in [9.17, 15) is 27.6 Å². The molecule has 1 saturated heterocycles. The van der Waals surface area contributed by atoms with Crippen LogP contribution in [0.3, 0.4) is 0 Å². The Morgan fingerprint density at radius 2 is 1.76 bits per heavy atom. The Balaban J connectivity index is 1.82. The average molecular weight is 464 g/mol. The highest BCUT2D eigenvalue weighted by molar-refractivity contribution is 5.98. The Morgan fingerprint density at radius 1 is 1.09 bits per heavy atom. The fourth-order valence-electron chi connectivity index (χ4n) is 3.21. The molecule has 33 heavy (non-hydrogen) atoms. The molecular formula is C23H23F3N2O5. The first kappa shape index (κ1) is 24.1. The second-order valence-corrected chi connectivity index (χ2v) is 8.47. The minimum atomic E-state index is -4.91. The van der Waals surface area contributed by atoms with E-state index < -0.39 is 35.8 Å². The van der Waals surface area contributed by atoms with Gasteiger partial charge in [-0.25, -0.2) is 4.79 Å². The van der Waals surface area contributed by atoms with Gasteiger partial charge in [-0.1, -0.05) is 24.3 Å². The maximum absolute atomic E-state index is 12.9. The molecule has 176 valence electrons. The van der Waals surface area contributed by atoms with Crippen molar-refractivity contribution in [1.82, 2.24) is 4.90 Å². The molecule has 0 aliphatic carbocycles. The van der Waals surface area contributed by atoms with Gasteiger partial charge in [0.25, 0.3) is 0 Å². The molecule has 1 atom stereocenters. The second kappa shape index (κ2) is 9.13. The quantitative estimate of drug-likeness (QED) is 0.629. The summed E-state index contributed by atoms with van der Waals surface area (Å²) in [6.07, 6.45) is -4.48. The molecule has 1 unspecified atom stereocenters. The largest absolute Gasteiger partial charge is 0.573 e. The van der Waals surface area contributed by atoms with Crippen LogP contribution in [0.2, 0.25) is 0 Å². The van der Waals surface area contributed by atoms with E-state index in [1.807, 2.05) is 0 Å². The minimum absolute atomic E-state index is 0.0696. The Kier molecular flexibility index (Phi) is 6.66. The molecule has 0 saturated carbocycles. The third kappa shape index (κ3) is 6.24. The van der Waals surface area contributed by atoms with Crippen LogP contribution in [-0.4, -0.2) is 47.7 Å². The first-order chi connectivity index (χ1) is 15.4. The van der Waals surface area contributed by atoms with E-state index in [1.54, 1.807) is 20.8 Å². The summed E-state index contributed by atoms with van der Waals surface area (Å²) in [6.45, 7) is 5.51. The molecule has 1 aliphatic rings. The van der Waals surface area contributed by atoms with Gasteiger partial charge in [0, 0.05) is 23.4 Å². The highest BCUT2D eigenvalue weighted by Gasteiger charge is 2.40. The van der Waals surface area contributed by atoms with Crippen LogP contribution in [0.4, 0.5) is 23.7 Å². The average Bonchev–Trinajstić information content (AvgIpc) is 2.65. The molecule has 2 aromatic rings. The molecule has 2 amide bonds. The Morgan fingerprint density at radius 3 is 2.27 bits per heavy atom. The molecule has 0 spiro atoms. The van der Waals surface area contributed by atoms with Crippen molar-refractivity contribution in [3.8, 4) is 16.9 Å². The number of aldehydes is 1. The van der Waals surface area contributed by atoms with Gasteiger partial charge in [-0.05, 0) is 51.0 Å². The third-order valence-corrected chi connectivity index (χ3v) is 4.78. The summed E-state index contributed by atoms with van der Waals surface area (Å²) < 4.78 is 48.0. The summed E-state index contributed by atoms with van der Waals surface area (Å²) in [5, 5.41) is 2.63. The number of halogens is 3. The van der Waals surface area contributed by atoms with Crippen molar-refractivity contribution in [1.29, 1.82) is 0 Å². The molecule has 7 nitrogen and oxygen atoms in total. The fraction of sp³-hybridized carbons (Fsp3) is 0.348. The molecule has 1 heterocycles. The summed E-state index contributed by atoms with van der Waals surface area (Å²) in [7, 11) is 0. The Hall–Kier alpha value is -3.56. The first-order valence-electron chi connectivity index (χ1n) is 10.1. The second-order valence-electron chi connectivity index (χ2n) is 8.47. The number of likely N-dealkylation sites (tertiary alicyclic amines) is 1. The number of alkyl halides is 3. The number of nitrogens with zero attached hydrogens (tertiary/aromatic N) is 1. The highest BCUT2D eigenvalue weighted by atomic mass is 19.4. The van der Waals surface area contributed by atoms with Gasteiger partial charge in [-0.15, -0.1) is 13.2 Å². The van der Waals surface area contributed by atoms with E-state index in [-0.39, 0.29) is 11.3 Å². The molecule has 0 radical (unpaired) electrons. The molecular weight excluding hydrogens is 441 g/mol. The molecule has 2 aromatic carbocycles. The van der Waals surface area contributed by atoms with Crippen molar-refractivity contribution >= 4 is 24.0 Å². The number of hydrogen-bond donors (Lipinski definition) is 1. The monoisotopic (exact) mass is 464 g/mol. The fourth-order valence-corrected chi connectivity index (χ4v) is 3.21. The predicted octanol–water partition coefficient (Wildman–Crippen LogP) is 5.01. The zero-order valence-corrected chi connectivity index (χ0v) is 18.2. The predicted molar refractivity (Wildman–Crippen MR) is 114 cm³/mol. The minimum Gasteiger partial charge on any atom is -0.444 e. The number of nitrogens with one attached hydrogen (secondary N) is 1. The van der Waals surface area contributed by atoms with Crippen LogP contribution in [0.25, 0.3) is 11.1 Å². The lowest BCUT2D eigenvalue weighted by Crippen LogP contribution is -2.57. The summed E-state index contributed by atoms with van der Waals surface area (Å²) >= 11 is 0. The van der Waals surface area contributed by atoms with Crippen molar-refractivity contribution in [2.45, 2.75) is 45.2 Å². The van der Waals surface area contributed by atoms with Crippen molar-refractivity contribution in [2.75, 3.05) is 11.9 Å². The topological polar surface area (TPSA) is 84.9 Å². The standard InChI is InChI=1S/C23H23F3N2O5/c1-22(2,3)33-21(31)28-11-10-18(28)20(30)27-16-8-9-19(32-23(24,25)26)17(12-16)15-6-4-14(13-29)5-7-15/h4-9,12-13,18H,10-11H2,1-3H3,(H,27,30). The molecule has 3 rings (SSSR count). The van der Waals surface area contributed by atoms with E-state index in [4.69, 9.17) is 4.74 Å². The van der Waals surface area contributed by atoms with Gasteiger partial charge in [0.1, 0.15) is 23.7 Å². The number of hydrogen-bond acceptors (Lipinski definition) is 5. The van der Waals surface area contributed by atoms with Crippen LogP contribution in [0.1, 0.15) is 37.6 Å².